The number of halogens is 1. The number of amides is 1. The lowest BCUT2D eigenvalue weighted by Gasteiger charge is -2.08. The zero-order valence-corrected chi connectivity index (χ0v) is 18.3. The van der Waals surface area contributed by atoms with Crippen molar-refractivity contribution in [2.24, 2.45) is 17.2 Å². The SMILES string of the molecule is Cc1nn(C(/C=C2\Cc3c(nn(C)c3-c3ccc(Cl)cc3)N2)=N/C=N)c(C)c1C(=O)N=O. The van der Waals surface area contributed by atoms with E-state index in [1.165, 1.54) is 4.68 Å². The van der Waals surface area contributed by atoms with E-state index >= 15 is 0 Å². The fourth-order valence-corrected chi connectivity index (χ4v) is 4.00. The van der Waals surface area contributed by atoms with Gasteiger partial charge in [-0.05, 0) is 26.0 Å². The molecule has 0 atom stereocenters. The number of anilines is 1. The third kappa shape index (κ3) is 3.65. The average Bonchev–Trinajstić information content (AvgIpc) is 3.37. The summed E-state index contributed by atoms with van der Waals surface area (Å²) in [5.74, 6) is 0.152. The highest BCUT2D eigenvalue weighted by Gasteiger charge is 2.26. The first-order valence-electron chi connectivity index (χ1n) is 9.64. The number of aromatic nitrogens is 4. The summed E-state index contributed by atoms with van der Waals surface area (Å²) in [6, 6.07) is 7.55. The fourth-order valence-electron chi connectivity index (χ4n) is 3.87. The van der Waals surface area contributed by atoms with Gasteiger partial charge in [-0.2, -0.15) is 10.2 Å². The monoisotopic (exact) mass is 450 g/mol. The minimum Gasteiger partial charge on any atom is -0.342 e. The molecule has 3 heterocycles. The molecule has 1 aliphatic heterocycles. The van der Waals surface area contributed by atoms with E-state index in [2.05, 4.69) is 25.7 Å². The van der Waals surface area contributed by atoms with E-state index in [1.807, 2.05) is 36.0 Å². The van der Waals surface area contributed by atoms with Gasteiger partial charge in [-0.25, -0.2) is 9.67 Å². The Morgan fingerprint density at radius 1 is 1.25 bits per heavy atom. The molecule has 0 bridgehead atoms. The second kappa shape index (κ2) is 8.31. The molecule has 10 nitrogen and oxygen atoms in total. The van der Waals surface area contributed by atoms with E-state index < -0.39 is 5.91 Å². The van der Waals surface area contributed by atoms with E-state index in [1.54, 1.807) is 19.9 Å². The molecule has 11 heteroatoms. The molecule has 1 aliphatic rings. The maximum atomic E-state index is 11.9. The van der Waals surface area contributed by atoms with Gasteiger partial charge < -0.3 is 5.32 Å². The molecule has 1 amide bonds. The molecule has 0 saturated carbocycles. The van der Waals surface area contributed by atoms with Crippen LogP contribution in [0.25, 0.3) is 11.3 Å². The first-order chi connectivity index (χ1) is 15.3. The van der Waals surface area contributed by atoms with Crippen molar-refractivity contribution in [2.45, 2.75) is 20.3 Å². The summed E-state index contributed by atoms with van der Waals surface area (Å²) in [5.41, 5.74) is 4.68. The zero-order chi connectivity index (χ0) is 23.0. The lowest BCUT2D eigenvalue weighted by Crippen LogP contribution is -2.15. The van der Waals surface area contributed by atoms with Crippen LogP contribution in [0.15, 0.2) is 46.2 Å². The van der Waals surface area contributed by atoms with E-state index in [0.29, 0.717) is 28.7 Å². The van der Waals surface area contributed by atoms with Gasteiger partial charge in [-0.15, -0.1) is 4.91 Å². The van der Waals surface area contributed by atoms with Crippen molar-refractivity contribution < 1.29 is 4.79 Å². The molecule has 0 saturated heterocycles. The number of fused-ring (bicyclic) bond motifs is 1. The Balaban J connectivity index is 1.71. The Kier molecular flexibility index (Phi) is 5.54. The predicted molar refractivity (Wildman–Crippen MR) is 123 cm³/mol. The minimum atomic E-state index is -0.892. The number of carbonyl (C=O) groups excluding carboxylic acids is 1. The third-order valence-electron chi connectivity index (χ3n) is 5.21. The highest BCUT2D eigenvalue weighted by atomic mass is 35.5. The average molecular weight is 451 g/mol. The number of carbonyl (C=O) groups is 1. The van der Waals surface area contributed by atoms with E-state index in [4.69, 9.17) is 17.0 Å². The molecule has 2 aromatic heterocycles. The molecule has 0 unspecified atom stereocenters. The van der Waals surface area contributed by atoms with Crippen molar-refractivity contribution in [1.82, 2.24) is 19.6 Å². The second-order valence-electron chi connectivity index (χ2n) is 7.25. The van der Waals surface area contributed by atoms with Crippen molar-refractivity contribution in [1.29, 1.82) is 5.41 Å². The number of nitrogens with one attached hydrogen (secondary N) is 2. The maximum absolute atomic E-state index is 11.9. The number of nitrogens with zero attached hydrogens (tertiary/aromatic N) is 6. The summed E-state index contributed by atoms with van der Waals surface area (Å²) in [7, 11) is 1.88. The molecule has 3 aromatic rings. The Morgan fingerprint density at radius 2 is 1.97 bits per heavy atom. The predicted octanol–water partition coefficient (Wildman–Crippen LogP) is 3.87. The summed E-state index contributed by atoms with van der Waals surface area (Å²) >= 11 is 6.03. The van der Waals surface area contributed by atoms with Crippen LogP contribution in [0.5, 0.6) is 0 Å². The molecule has 2 N–H and O–H groups in total. The van der Waals surface area contributed by atoms with Crippen LogP contribution in [0.4, 0.5) is 5.82 Å². The van der Waals surface area contributed by atoms with Gasteiger partial charge >= 0.3 is 5.91 Å². The molecular formula is C21H19ClN8O2. The quantitative estimate of drug-likeness (QED) is 0.354. The second-order valence-corrected chi connectivity index (χ2v) is 7.68. The summed E-state index contributed by atoms with van der Waals surface area (Å²) < 4.78 is 3.24. The zero-order valence-electron chi connectivity index (χ0n) is 17.5. The van der Waals surface area contributed by atoms with Crippen LogP contribution in [-0.2, 0) is 13.5 Å². The first kappa shape index (κ1) is 21.3. The molecule has 0 aliphatic carbocycles. The Hall–Kier alpha value is -3.92. The highest BCUT2D eigenvalue weighted by molar-refractivity contribution is 6.30. The van der Waals surface area contributed by atoms with Crippen LogP contribution in [0, 0.1) is 24.2 Å². The number of nitroso groups, excluding NO2 is 1. The number of allylic oxidation sites excluding steroid dienone is 2. The molecule has 0 spiro atoms. The standard InChI is InChI=1S/C21H19ClN8O2/c1-11-18(21(31)28-32)12(2)30(26-11)17(24-10-23)9-15-8-16-19(29(3)27-20(16)25-15)13-4-6-14(22)7-5-13/h4-7,9-10,23H,8H2,1-3H3,(H,25,27)/b15-9+,23-10?,24-17+. The van der Waals surface area contributed by atoms with E-state index in [0.717, 1.165) is 34.7 Å². The van der Waals surface area contributed by atoms with Gasteiger partial charge in [0.15, 0.2) is 11.7 Å². The molecule has 0 fully saturated rings. The summed E-state index contributed by atoms with van der Waals surface area (Å²) in [4.78, 5) is 26.7. The molecule has 32 heavy (non-hydrogen) atoms. The van der Waals surface area contributed by atoms with Crippen LogP contribution in [0.3, 0.4) is 0 Å². The van der Waals surface area contributed by atoms with Crippen molar-refractivity contribution in [3.8, 4) is 11.3 Å². The topological polar surface area (TPSA) is 130 Å². The van der Waals surface area contributed by atoms with Gasteiger partial charge in [-0.3, -0.25) is 14.9 Å². The van der Waals surface area contributed by atoms with Crippen LogP contribution in [0.2, 0.25) is 5.02 Å². The highest BCUT2D eigenvalue weighted by Crippen LogP contribution is 2.36. The number of hydrogen-bond acceptors (Lipinski definition) is 6. The van der Waals surface area contributed by atoms with Crippen LogP contribution in [0.1, 0.15) is 27.3 Å². The van der Waals surface area contributed by atoms with Gasteiger partial charge in [0.1, 0.15) is 6.34 Å². The molecule has 0 radical (unpaired) electrons. The normalized spacial score (nSPS) is 14.4. The smallest absolute Gasteiger partial charge is 0.320 e. The first-order valence-corrected chi connectivity index (χ1v) is 10.0. The maximum Gasteiger partial charge on any atom is 0.320 e. The third-order valence-corrected chi connectivity index (χ3v) is 5.47. The van der Waals surface area contributed by atoms with Crippen molar-refractivity contribution in [3.63, 3.8) is 0 Å². The fraction of sp³-hybridized carbons (Fsp3) is 0.190. The van der Waals surface area contributed by atoms with Crippen LogP contribution < -0.4 is 5.32 Å². The van der Waals surface area contributed by atoms with Crippen LogP contribution >= 0.6 is 11.6 Å². The van der Waals surface area contributed by atoms with Crippen LogP contribution in [-0.4, -0.2) is 37.6 Å². The van der Waals surface area contributed by atoms with Gasteiger partial charge in [-0.1, -0.05) is 23.7 Å². The van der Waals surface area contributed by atoms with Gasteiger partial charge in [0.05, 0.1) is 22.6 Å². The lowest BCUT2D eigenvalue weighted by molar-refractivity contribution is 0.0999. The van der Waals surface area contributed by atoms with E-state index in [-0.39, 0.29) is 5.56 Å². The molecule has 162 valence electrons. The number of benzene rings is 1. The largest absolute Gasteiger partial charge is 0.342 e. The summed E-state index contributed by atoms with van der Waals surface area (Å²) in [5, 5.41) is 22.8. The number of aryl methyl sites for hydroxylation is 2. The lowest BCUT2D eigenvalue weighted by atomic mass is 10.1. The van der Waals surface area contributed by atoms with Gasteiger partial charge in [0.2, 0.25) is 0 Å². The summed E-state index contributed by atoms with van der Waals surface area (Å²) in [6.07, 6.45) is 3.18. The van der Waals surface area contributed by atoms with E-state index in [9.17, 15) is 9.70 Å². The number of aliphatic imine (C=N–C) groups is 1. The van der Waals surface area contributed by atoms with Crippen molar-refractivity contribution in [2.75, 3.05) is 5.32 Å². The Labute approximate surface area is 188 Å². The van der Waals surface area contributed by atoms with Gasteiger partial charge in [0, 0.05) is 46.6 Å². The molecule has 1 aromatic carbocycles. The molecule has 4 rings (SSSR count). The number of hydrogen-bond donors (Lipinski definition) is 2. The van der Waals surface area contributed by atoms with Gasteiger partial charge in [0.25, 0.3) is 0 Å². The Morgan fingerprint density at radius 3 is 2.62 bits per heavy atom. The summed E-state index contributed by atoms with van der Waals surface area (Å²) in [6.45, 7) is 3.26. The van der Waals surface area contributed by atoms with Crippen molar-refractivity contribution in [3.05, 3.63) is 68.5 Å². The van der Waals surface area contributed by atoms with Crippen molar-refractivity contribution >= 4 is 35.5 Å². The Bertz CT molecular complexity index is 1310. The number of rotatable bonds is 4. The molecular weight excluding hydrogens is 432 g/mol. The minimum absolute atomic E-state index is 0.131.